The lowest BCUT2D eigenvalue weighted by molar-refractivity contribution is 0.0701. The van der Waals surface area contributed by atoms with E-state index in [9.17, 15) is 4.79 Å². The van der Waals surface area contributed by atoms with Crippen LogP contribution in [0.15, 0.2) is 29.8 Å². The van der Waals surface area contributed by atoms with Gasteiger partial charge in [0.15, 0.2) is 0 Å². The van der Waals surface area contributed by atoms with Crippen molar-refractivity contribution in [2.45, 2.75) is 13.1 Å². The van der Waals surface area contributed by atoms with Gasteiger partial charge in [0.1, 0.15) is 4.88 Å². The van der Waals surface area contributed by atoms with E-state index in [1.54, 1.807) is 18.7 Å². The van der Waals surface area contributed by atoms with E-state index in [2.05, 4.69) is 10.3 Å². The van der Waals surface area contributed by atoms with Crippen LogP contribution >= 0.6 is 11.3 Å². The van der Waals surface area contributed by atoms with E-state index in [0.29, 0.717) is 23.8 Å². The Hall–Kier alpha value is -1.92. The van der Waals surface area contributed by atoms with Gasteiger partial charge in [0, 0.05) is 25.4 Å². The molecule has 0 bridgehead atoms. The molecule has 0 saturated carbocycles. The molecule has 0 atom stereocenters. The molecule has 0 fully saturated rings. The third-order valence-corrected chi connectivity index (χ3v) is 3.54. The van der Waals surface area contributed by atoms with Gasteiger partial charge in [0.05, 0.1) is 7.11 Å². The Morgan fingerprint density at radius 2 is 2.32 bits per heavy atom. The molecular formula is C13H14N2O3S. The summed E-state index contributed by atoms with van der Waals surface area (Å²) >= 11 is 1.24. The molecule has 2 aromatic rings. The summed E-state index contributed by atoms with van der Waals surface area (Å²) in [5, 5.41) is 14.0. The Morgan fingerprint density at radius 1 is 1.47 bits per heavy atom. The Kier molecular flexibility index (Phi) is 4.48. The molecule has 5 nitrogen and oxygen atoms in total. The summed E-state index contributed by atoms with van der Waals surface area (Å²) in [4.78, 5) is 15.4. The van der Waals surface area contributed by atoms with E-state index < -0.39 is 5.97 Å². The first-order valence-corrected chi connectivity index (χ1v) is 6.58. The van der Waals surface area contributed by atoms with Crippen LogP contribution in [-0.2, 0) is 13.1 Å². The maximum absolute atomic E-state index is 11.0. The molecule has 0 aliphatic rings. The number of carboxylic acid groups (broad SMARTS) is 1. The van der Waals surface area contributed by atoms with Gasteiger partial charge < -0.3 is 15.2 Å². The molecule has 2 rings (SSSR count). The highest BCUT2D eigenvalue weighted by Crippen LogP contribution is 2.16. The molecule has 0 amide bonds. The molecule has 6 heteroatoms. The molecule has 0 aromatic carbocycles. The molecule has 0 aliphatic carbocycles. The third-order valence-electron chi connectivity index (χ3n) is 2.59. The van der Waals surface area contributed by atoms with Gasteiger partial charge in [0.2, 0.25) is 5.88 Å². The number of ether oxygens (including phenoxy) is 1. The largest absolute Gasteiger partial charge is 0.481 e. The molecule has 0 unspecified atom stereocenters. The highest BCUT2D eigenvalue weighted by atomic mass is 32.1. The minimum absolute atomic E-state index is 0.389. The number of thiophene rings is 1. The molecular weight excluding hydrogens is 264 g/mol. The fourth-order valence-electron chi connectivity index (χ4n) is 1.68. The number of hydrogen-bond acceptors (Lipinski definition) is 5. The fourth-order valence-corrected chi connectivity index (χ4v) is 2.44. The zero-order valence-corrected chi connectivity index (χ0v) is 11.2. The van der Waals surface area contributed by atoms with Gasteiger partial charge in [-0.25, -0.2) is 9.78 Å². The highest BCUT2D eigenvalue weighted by Gasteiger charge is 2.10. The number of nitrogens with zero attached hydrogens (tertiary/aromatic N) is 1. The number of nitrogens with one attached hydrogen (secondary N) is 1. The summed E-state index contributed by atoms with van der Waals surface area (Å²) in [6, 6.07) is 5.56. The minimum atomic E-state index is -0.877. The van der Waals surface area contributed by atoms with Crippen molar-refractivity contribution in [3.63, 3.8) is 0 Å². The fraction of sp³-hybridized carbons (Fsp3) is 0.231. The lowest BCUT2D eigenvalue weighted by Crippen LogP contribution is -2.14. The first-order valence-electron chi connectivity index (χ1n) is 5.70. The Balaban J connectivity index is 1.92. The third kappa shape index (κ3) is 3.52. The number of carbonyl (C=O) groups is 1. The number of hydrogen-bond donors (Lipinski definition) is 2. The van der Waals surface area contributed by atoms with Crippen molar-refractivity contribution in [1.82, 2.24) is 10.3 Å². The predicted molar refractivity (Wildman–Crippen MR) is 72.6 cm³/mol. The second-order valence-corrected chi connectivity index (χ2v) is 4.81. The number of methoxy groups -OCH3 is 1. The smallest absolute Gasteiger partial charge is 0.346 e. The number of pyridine rings is 1. The summed E-state index contributed by atoms with van der Waals surface area (Å²) in [5.74, 6) is -0.307. The lowest BCUT2D eigenvalue weighted by atomic mass is 10.2. The van der Waals surface area contributed by atoms with Gasteiger partial charge in [0.25, 0.3) is 0 Å². The van der Waals surface area contributed by atoms with Gasteiger partial charge in [-0.3, -0.25) is 0 Å². The average molecular weight is 278 g/mol. The van der Waals surface area contributed by atoms with E-state index in [-0.39, 0.29) is 0 Å². The normalized spacial score (nSPS) is 10.4. The van der Waals surface area contributed by atoms with Crippen LogP contribution in [0, 0.1) is 0 Å². The topological polar surface area (TPSA) is 71.5 Å². The maximum Gasteiger partial charge on any atom is 0.346 e. The molecule has 0 radical (unpaired) electrons. The zero-order valence-electron chi connectivity index (χ0n) is 10.4. The van der Waals surface area contributed by atoms with Crippen LogP contribution in [0.1, 0.15) is 20.8 Å². The van der Waals surface area contributed by atoms with Gasteiger partial charge in [-0.2, -0.15) is 0 Å². The molecule has 100 valence electrons. The van der Waals surface area contributed by atoms with Gasteiger partial charge in [-0.05, 0) is 28.6 Å². The molecule has 0 spiro atoms. The minimum Gasteiger partial charge on any atom is -0.481 e. The number of carboxylic acids is 1. The summed E-state index contributed by atoms with van der Waals surface area (Å²) in [5.41, 5.74) is 1.84. The number of rotatable bonds is 6. The summed E-state index contributed by atoms with van der Waals surface area (Å²) in [7, 11) is 1.57. The maximum atomic E-state index is 11.0. The van der Waals surface area contributed by atoms with Crippen molar-refractivity contribution < 1.29 is 14.6 Å². The van der Waals surface area contributed by atoms with E-state index >= 15 is 0 Å². The van der Waals surface area contributed by atoms with Crippen LogP contribution in [0.25, 0.3) is 0 Å². The molecule has 19 heavy (non-hydrogen) atoms. The second kappa shape index (κ2) is 6.31. The first kappa shape index (κ1) is 13.5. The van der Waals surface area contributed by atoms with Crippen LogP contribution in [0.2, 0.25) is 0 Å². The van der Waals surface area contributed by atoms with E-state index in [0.717, 1.165) is 11.1 Å². The van der Waals surface area contributed by atoms with Crippen LogP contribution in [0.5, 0.6) is 5.88 Å². The quantitative estimate of drug-likeness (QED) is 0.847. The van der Waals surface area contributed by atoms with E-state index in [1.165, 1.54) is 11.3 Å². The number of aromatic nitrogens is 1. The molecule has 2 N–H and O–H groups in total. The standard InChI is InChI=1S/C13H14N2O3S/c1-18-11-6-9(2-4-15-11)7-14-8-10-3-5-19-12(10)13(16)17/h2-6,14H,7-8H2,1H3,(H,16,17). The summed E-state index contributed by atoms with van der Waals surface area (Å²) in [6.07, 6.45) is 1.68. The molecule has 2 aromatic heterocycles. The van der Waals surface area contributed by atoms with Crippen molar-refractivity contribution in [3.8, 4) is 5.88 Å². The molecule has 0 aliphatic heterocycles. The predicted octanol–water partition coefficient (Wildman–Crippen LogP) is 2.14. The van der Waals surface area contributed by atoms with Crippen molar-refractivity contribution in [2.24, 2.45) is 0 Å². The van der Waals surface area contributed by atoms with Gasteiger partial charge in [-0.1, -0.05) is 0 Å². The van der Waals surface area contributed by atoms with Crippen molar-refractivity contribution in [2.75, 3.05) is 7.11 Å². The second-order valence-electron chi connectivity index (χ2n) is 3.89. The van der Waals surface area contributed by atoms with Crippen molar-refractivity contribution in [3.05, 3.63) is 45.8 Å². The monoisotopic (exact) mass is 278 g/mol. The van der Waals surface area contributed by atoms with Crippen LogP contribution in [0.4, 0.5) is 0 Å². The Labute approximate surface area is 114 Å². The van der Waals surface area contributed by atoms with Crippen LogP contribution in [-0.4, -0.2) is 23.2 Å². The van der Waals surface area contributed by atoms with Crippen LogP contribution < -0.4 is 10.1 Å². The zero-order chi connectivity index (χ0) is 13.7. The Morgan fingerprint density at radius 3 is 3.05 bits per heavy atom. The van der Waals surface area contributed by atoms with E-state index in [1.807, 2.05) is 18.2 Å². The molecule has 0 saturated heterocycles. The van der Waals surface area contributed by atoms with Crippen molar-refractivity contribution in [1.29, 1.82) is 0 Å². The summed E-state index contributed by atoms with van der Waals surface area (Å²) < 4.78 is 5.04. The van der Waals surface area contributed by atoms with Gasteiger partial charge in [-0.15, -0.1) is 11.3 Å². The highest BCUT2D eigenvalue weighted by molar-refractivity contribution is 7.12. The van der Waals surface area contributed by atoms with E-state index in [4.69, 9.17) is 9.84 Å². The Bertz CT molecular complexity index is 569. The average Bonchev–Trinajstić information content (AvgIpc) is 2.87. The number of aromatic carboxylic acids is 1. The molecule has 2 heterocycles. The first-order chi connectivity index (χ1) is 9.20. The summed E-state index contributed by atoms with van der Waals surface area (Å²) in [6.45, 7) is 1.16. The van der Waals surface area contributed by atoms with Crippen LogP contribution in [0.3, 0.4) is 0 Å². The SMILES string of the molecule is COc1cc(CNCc2ccsc2C(=O)O)ccn1. The van der Waals surface area contributed by atoms with Gasteiger partial charge >= 0.3 is 5.97 Å². The van der Waals surface area contributed by atoms with Crippen molar-refractivity contribution >= 4 is 17.3 Å². The lowest BCUT2D eigenvalue weighted by Gasteiger charge is -2.06.